The van der Waals surface area contributed by atoms with Crippen LogP contribution in [0.5, 0.6) is 0 Å². The van der Waals surface area contributed by atoms with Crippen molar-refractivity contribution in [1.29, 1.82) is 0 Å². The zero-order valence-electron chi connectivity index (χ0n) is 11.6. The van der Waals surface area contributed by atoms with E-state index in [1.165, 1.54) is 7.11 Å². The lowest BCUT2D eigenvalue weighted by atomic mass is 9.86. The Morgan fingerprint density at radius 1 is 1.24 bits per heavy atom. The number of esters is 1. The van der Waals surface area contributed by atoms with Gasteiger partial charge in [0.15, 0.2) is 0 Å². The monoisotopic (exact) mass is 295 g/mol. The summed E-state index contributed by atoms with van der Waals surface area (Å²) in [6.45, 7) is 0. The van der Waals surface area contributed by atoms with Gasteiger partial charge in [-0.1, -0.05) is 0 Å². The fraction of sp³-hybridized carbons (Fsp3) is 0.538. The number of aromatic amines is 2. The molecule has 21 heavy (non-hydrogen) atoms. The number of carbonyl (C=O) groups excluding carboxylic acids is 2. The van der Waals surface area contributed by atoms with E-state index in [0.29, 0.717) is 25.7 Å². The molecule has 1 fully saturated rings. The Morgan fingerprint density at radius 2 is 1.90 bits per heavy atom. The molecule has 8 nitrogen and oxygen atoms in total. The van der Waals surface area contributed by atoms with Crippen molar-refractivity contribution in [2.24, 2.45) is 5.92 Å². The van der Waals surface area contributed by atoms with Crippen molar-refractivity contribution in [3.63, 3.8) is 0 Å². The Kier molecular flexibility index (Phi) is 4.56. The average Bonchev–Trinajstić information content (AvgIpc) is 2.47. The van der Waals surface area contributed by atoms with Gasteiger partial charge in [0.05, 0.1) is 13.0 Å². The Hall–Kier alpha value is -2.38. The number of amides is 1. The second-order valence-electron chi connectivity index (χ2n) is 5.03. The van der Waals surface area contributed by atoms with E-state index in [0.717, 1.165) is 6.20 Å². The fourth-order valence-corrected chi connectivity index (χ4v) is 2.48. The normalized spacial score (nSPS) is 21.6. The van der Waals surface area contributed by atoms with Crippen LogP contribution in [-0.2, 0) is 9.53 Å². The molecule has 0 spiro atoms. The van der Waals surface area contributed by atoms with Gasteiger partial charge in [0.2, 0.25) is 0 Å². The molecule has 0 atom stereocenters. The third kappa shape index (κ3) is 3.59. The van der Waals surface area contributed by atoms with E-state index in [9.17, 15) is 19.2 Å². The van der Waals surface area contributed by atoms with Crippen LogP contribution in [-0.4, -0.2) is 35.0 Å². The van der Waals surface area contributed by atoms with Gasteiger partial charge in [-0.15, -0.1) is 0 Å². The van der Waals surface area contributed by atoms with Crippen molar-refractivity contribution in [1.82, 2.24) is 15.3 Å². The lowest BCUT2D eigenvalue weighted by Gasteiger charge is -2.27. The topological polar surface area (TPSA) is 121 Å². The van der Waals surface area contributed by atoms with Gasteiger partial charge < -0.3 is 15.0 Å². The number of methoxy groups -OCH3 is 1. The predicted molar refractivity (Wildman–Crippen MR) is 72.9 cm³/mol. The van der Waals surface area contributed by atoms with E-state index in [1.54, 1.807) is 0 Å². The molecule has 0 radical (unpaired) electrons. The summed E-state index contributed by atoms with van der Waals surface area (Å²) in [7, 11) is 1.36. The van der Waals surface area contributed by atoms with Crippen LogP contribution in [0.3, 0.4) is 0 Å². The zero-order valence-corrected chi connectivity index (χ0v) is 11.6. The van der Waals surface area contributed by atoms with Crippen molar-refractivity contribution in [2.75, 3.05) is 7.11 Å². The minimum atomic E-state index is -0.723. The molecule has 1 aliphatic rings. The molecular formula is C13H17N3O5. The van der Waals surface area contributed by atoms with Gasteiger partial charge in [-0.25, -0.2) is 4.79 Å². The lowest BCUT2D eigenvalue weighted by Crippen LogP contribution is -2.41. The molecule has 114 valence electrons. The molecule has 1 amide bonds. The fourth-order valence-electron chi connectivity index (χ4n) is 2.48. The quantitative estimate of drug-likeness (QED) is 0.651. The standard InChI is InChI=1S/C13H17N3O5/c1-21-12(19)7-2-4-8(5-3-7)15-10(17)9-6-14-13(20)16-11(9)18/h6-8H,2-5H2,1H3,(H,15,17)(H2,14,16,18,20). The number of H-pyrrole nitrogens is 2. The molecule has 0 aromatic carbocycles. The molecule has 1 aromatic rings. The van der Waals surface area contributed by atoms with Crippen molar-refractivity contribution in [3.8, 4) is 0 Å². The summed E-state index contributed by atoms with van der Waals surface area (Å²) in [5.41, 5.74) is -1.51. The molecule has 1 saturated carbocycles. The molecule has 8 heteroatoms. The zero-order chi connectivity index (χ0) is 15.4. The van der Waals surface area contributed by atoms with Gasteiger partial charge in [0, 0.05) is 12.2 Å². The minimum Gasteiger partial charge on any atom is -0.469 e. The van der Waals surface area contributed by atoms with Crippen LogP contribution in [0.4, 0.5) is 0 Å². The van der Waals surface area contributed by atoms with E-state index >= 15 is 0 Å². The van der Waals surface area contributed by atoms with Crippen LogP contribution in [0.2, 0.25) is 0 Å². The van der Waals surface area contributed by atoms with Crippen LogP contribution in [0, 0.1) is 5.92 Å². The van der Waals surface area contributed by atoms with E-state index in [4.69, 9.17) is 4.74 Å². The Bertz CT molecular complexity index is 640. The second kappa shape index (κ2) is 6.38. The molecule has 3 N–H and O–H groups in total. The van der Waals surface area contributed by atoms with E-state index in [1.807, 2.05) is 4.98 Å². The number of carbonyl (C=O) groups is 2. The van der Waals surface area contributed by atoms with Crippen LogP contribution in [0.1, 0.15) is 36.0 Å². The number of ether oxygens (including phenoxy) is 1. The summed E-state index contributed by atoms with van der Waals surface area (Å²) in [5.74, 6) is -0.884. The maximum atomic E-state index is 12.0. The largest absolute Gasteiger partial charge is 0.469 e. The molecule has 0 bridgehead atoms. The summed E-state index contributed by atoms with van der Waals surface area (Å²) in [4.78, 5) is 50.0. The molecule has 1 aromatic heterocycles. The van der Waals surface area contributed by atoms with E-state index in [-0.39, 0.29) is 23.5 Å². The Balaban J connectivity index is 1.94. The molecule has 0 aliphatic heterocycles. The van der Waals surface area contributed by atoms with Crippen LogP contribution in [0.25, 0.3) is 0 Å². The molecule has 0 saturated heterocycles. The second-order valence-corrected chi connectivity index (χ2v) is 5.03. The number of hydrogen-bond donors (Lipinski definition) is 3. The number of rotatable bonds is 3. The first-order valence-corrected chi connectivity index (χ1v) is 6.72. The summed E-state index contributed by atoms with van der Waals surface area (Å²) >= 11 is 0. The SMILES string of the molecule is COC(=O)C1CCC(NC(=O)c2c[nH]c(=O)[nH]c2=O)CC1. The third-order valence-corrected chi connectivity index (χ3v) is 3.66. The lowest BCUT2D eigenvalue weighted by molar-refractivity contribution is -0.146. The predicted octanol–water partition coefficient (Wildman–Crippen LogP) is -0.475. The van der Waals surface area contributed by atoms with Crippen LogP contribution >= 0.6 is 0 Å². The van der Waals surface area contributed by atoms with Crippen molar-refractivity contribution >= 4 is 11.9 Å². The van der Waals surface area contributed by atoms with Gasteiger partial charge in [-0.3, -0.25) is 19.4 Å². The Labute approximate surface area is 119 Å². The maximum Gasteiger partial charge on any atom is 0.325 e. The molecule has 1 heterocycles. The highest BCUT2D eigenvalue weighted by Crippen LogP contribution is 2.25. The number of aromatic nitrogens is 2. The van der Waals surface area contributed by atoms with Gasteiger partial charge in [-0.05, 0) is 25.7 Å². The Morgan fingerprint density at radius 3 is 2.48 bits per heavy atom. The van der Waals surface area contributed by atoms with Gasteiger partial charge >= 0.3 is 11.7 Å². The summed E-state index contributed by atoms with van der Waals surface area (Å²) < 4.78 is 4.70. The highest BCUT2D eigenvalue weighted by Gasteiger charge is 2.28. The maximum absolute atomic E-state index is 12.0. The van der Waals surface area contributed by atoms with Crippen molar-refractivity contribution in [3.05, 3.63) is 32.6 Å². The van der Waals surface area contributed by atoms with Crippen molar-refractivity contribution < 1.29 is 14.3 Å². The average molecular weight is 295 g/mol. The first kappa shape index (κ1) is 15.0. The third-order valence-electron chi connectivity index (χ3n) is 3.66. The van der Waals surface area contributed by atoms with Gasteiger partial charge in [-0.2, -0.15) is 0 Å². The van der Waals surface area contributed by atoms with E-state index in [2.05, 4.69) is 10.3 Å². The van der Waals surface area contributed by atoms with Gasteiger partial charge in [0.1, 0.15) is 5.56 Å². The molecule has 2 rings (SSSR count). The molecular weight excluding hydrogens is 278 g/mol. The van der Waals surface area contributed by atoms with E-state index < -0.39 is 17.2 Å². The van der Waals surface area contributed by atoms with Gasteiger partial charge in [0.25, 0.3) is 11.5 Å². The first-order valence-electron chi connectivity index (χ1n) is 6.72. The summed E-state index contributed by atoms with van der Waals surface area (Å²) in [6, 6.07) is -0.0928. The summed E-state index contributed by atoms with van der Waals surface area (Å²) in [6.07, 6.45) is 3.66. The number of hydrogen-bond acceptors (Lipinski definition) is 5. The van der Waals surface area contributed by atoms with Crippen LogP contribution < -0.4 is 16.6 Å². The smallest absolute Gasteiger partial charge is 0.325 e. The minimum absolute atomic E-state index is 0.0928. The number of nitrogens with one attached hydrogen (secondary N) is 3. The van der Waals surface area contributed by atoms with Crippen LogP contribution in [0.15, 0.2) is 15.8 Å². The van der Waals surface area contributed by atoms with Crippen molar-refractivity contribution in [2.45, 2.75) is 31.7 Å². The highest BCUT2D eigenvalue weighted by molar-refractivity contribution is 5.93. The summed E-state index contributed by atoms with van der Waals surface area (Å²) in [5, 5.41) is 2.74. The molecule has 1 aliphatic carbocycles. The molecule has 0 unspecified atom stereocenters. The highest BCUT2D eigenvalue weighted by atomic mass is 16.5. The first-order chi connectivity index (χ1) is 10.0.